The van der Waals surface area contributed by atoms with Crippen LogP contribution in [0.2, 0.25) is 0 Å². The van der Waals surface area contributed by atoms with Gasteiger partial charge in [-0.05, 0) is 12.8 Å². The van der Waals surface area contributed by atoms with E-state index in [2.05, 4.69) is 0 Å². The number of nitrogens with zero attached hydrogens (tertiary/aromatic N) is 1. The van der Waals surface area contributed by atoms with E-state index in [0.29, 0.717) is 13.2 Å². The van der Waals surface area contributed by atoms with Crippen molar-refractivity contribution < 1.29 is 14.6 Å². The van der Waals surface area contributed by atoms with Gasteiger partial charge in [0.1, 0.15) is 5.54 Å². The Morgan fingerprint density at radius 3 is 2.23 bits per heavy atom. The van der Waals surface area contributed by atoms with Crippen molar-refractivity contribution in [3.63, 3.8) is 0 Å². The number of carboxylic acids is 1. The fourth-order valence-electron chi connectivity index (χ4n) is 1.78. The summed E-state index contributed by atoms with van der Waals surface area (Å²) in [5.74, 6) is -0.663. The van der Waals surface area contributed by atoms with Crippen LogP contribution < -0.4 is 0 Å². The molecule has 5 heteroatoms. The van der Waals surface area contributed by atoms with Crippen molar-refractivity contribution in [1.82, 2.24) is 4.90 Å². The summed E-state index contributed by atoms with van der Waals surface area (Å²) in [6.45, 7) is 2.89. The first-order valence-electron chi connectivity index (χ1n) is 4.32. The number of ether oxygens (including phenoxy) is 1. The van der Waals surface area contributed by atoms with E-state index >= 15 is 0 Å². The Morgan fingerprint density at radius 2 is 1.85 bits per heavy atom. The van der Waals surface area contributed by atoms with E-state index in [4.69, 9.17) is 9.84 Å². The Labute approximate surface area is 83.3 Å². The van der Waals surface area contributed by atoms with Crippen LogP contribution in [0.25, 0.3) is 0 Å². The lowest BCUT2D eigenvalue weighted by Crippen LogP contribution is -2.49. The lowest BCUT2D eigenvalue weighted by molar-refractivity contribution is -0.147. The molecule has 1 saturated carbocycles. The third-order valence-corrected chi connectivity index (χ3v) is 2.74. The van der Waals surface area contributed by atoms with Crippen LogP contribution in [0.15, 0.2) is 0 Å². The second-order valence-corrected chi connectivity index (χ2v) is 3.44. The van der Waals surface area contributed by atoms with Crippen molar-refractivity contribution in [3.8, 4) is 0 Å². The monoisotopic (exact) mass is 207 g/mol. The van der Waals surface area contributed by atoms with Gasteiger partial charge in [-0.1, -0.05) is 0 Å². The molecule has 0 bridgehead atoms. The van der Waals surface area contributed by atoms with E-state index in [1.807, 2.05) is 4.90 Å². The van der Waals surface area contributed by atoms with E-state index < -0.39 is 11.5 Å². The highest BCUT2D eigenvalue weighted by Crippen LogP contribution is 2.42. The van der Waals surface area contributed by atoms with Crippen LogP contribution in [-0.4, -0.2) is 47.8 Å². The van der Waals surface area contributed by atoms with Gasteiger partial charge in [-0.15, -0.1) is 12.4 Å². The van der Waals surface area contributed by atoms with Gasteiger partial charge in [-0.2, -0.15) is 0 Å². The second-order valence-electron chi connectivity index (χ2n) is 3.44. The van der Waals surface area contributed by atoms with E-state index in [9.17, 15) is 4.79 Å². The van der Waals surface area contributed by atoms with Gasteiger partial charge in [-0.3, -0.25) is 9.69 Å². The van der Waals surface area contributed by atoms with E-state index in [1.54, 1.807) is 0 Å². The first-order chi connectivity index (χ1) is 5.76. The maximum atomic E-state index is 10.9. The molecule has 1 saturated heterocycles. The Balaban J connectivity index is 0.000000845. The molecule has 1 aliphatic heterocycles. The predicted molar refractivity (Wildman–Crippen MR) is 49.2 cm³/mol. The molecule has 1 N–H and O–H groups in total. The molecule has 2 rings (SSSR count). The van der Waals surface area contributed by atoms with Crippen molar-refractivity contribution in [2.24, 2.45) is 0 Å². The Bertz CT molecular complexity index is 200. The first kappa shape index (κ1) is 10.8. The van der Waals surface area contributed by atoms with E-state index in [1.165, 1.54) is 0 Å². The number of halogens is 1. The number of rotatable bonds is 2. The Kier molecular flexibility index (Phi) is 3.16. The average molecular weight is 208 g/mol. The molecular formula is C8H14ClNO3. The van der Waals surface area contributed by atoms with Gasteiger partial charge in [0.05, 0.1) is 13.2 Å². The molecule has 4 nitrogen and oxygen atoms in total. The molecule has 1 aliphatic carbocycles. The third kappa shape index (κ3) is 1.80. The summed E-state index contributed by atoms with van der Waals surface area (Å²) < 4.78 is 5.17. The summed E-state index contributed by atoms with van der Waals surface area (Å²) in [6.07, 6.45) is 1.62. The van der Waals surface area contributed by atoms with E-state index in [-0.39, 0.29) is 12.4 Å². The molecule has 1 heterocycles. The van der Waals surface area contributed by atoms with Crippen LogP contribution in [0.4, 0.5) is 0 Å². The van der Waals surface area contributed by atoms with Gasteiger partial charge in [0.25, 0.3) is 0 Å². The molecule has 0 amide bonds. The van der Waals surface area contributed by atoms with Crippen molar-refractivity contribution in [3.05, 3.63) is 0 Å². The number of hydrogen-bond donors (Lipinski definition) is 1. The van der Waals surface area contributed by atoms with Crippen molar-refractivity contribution >= 4 is 18.4 Å². The van der Waals surface area contributed by atoms with Gasteiger partial charge in [0.2, 0.25) is 0 Å². The molecule has 76 valence electrons. The number of morpholine rings is 1. The van der Waals surface area contributed by atoms with Gasteiger partial charge in [-0.25, -0.2) is 0 Å². The summed E-state index contributed by atoms with van der Waals surface area (Å²) >= 11 is 0. The number of hydrogen-bond acceptors (Lipinski definition) is 3. The minimum atomic E-state index is -0.663. The molecule has 0 unspecified atom stereocenters. The van der Waals surface area contributed by atoms with Crippen molar-refractivity contribution in [2.45, 2.75) is 18.4 Å². The highest BCUT2D eigenvalue weighted by molar-refractivity contribution is 5.85. The average Bonchev–Trinajstić information content (AvgIpc) is 2.86. The summed E-state index contributed by atoms with van der Waals surface area (Å²) in [4.78, 5) is 12.9. The SMILES string of the molecule is Cl.O=C(O)C1(N2CCOCC2)CC1. The molecule has 0 radical (unpaired) electrons. The summed E-state index contributed by atoms with van der Waals surface area (Å²) in [6, 6.07) is 0. The quantitative estimate of drug-likeness (QED) is 0.711. The minimum Gasteiger partial charge on any atom is -0.480 e. The molecular weight excluding hydrogens is 194 g/mol. The smallest absolute Gasteiger partial charge is 0.324 e. The standard InChI is InChI=1S/C8H13NO3.ClH/c10-7(11)8(1-2-8)9-3-5-12-6-4-9;/h1-6H2,(H,10,11);1H. The molecule has 0 spiro atoms. The van der Waals surface area contributed by atoms with Crippen LogP contribution in [0.5, 0.6) is 0 Å². The largest absolute Gasteiger partial charge is 0.480 e. The first-order valence-corrected chi connectivity index (χ1v) is 4.32. The lowest BCUT2D eigenvalue weighted by Gasteiger charge is -2.31. The molecule has 2 fully saturated rings. The maximum Gasteiger partial charge on any atom is 0.324 e. The maximum absolute atomic E-state index is 10.9. The van der Waals surface area contributed by atoms with Crippen LogP contribution in [0, 0.1) is 0 Å². The van der Waals surface area contributed by atoms with Gasteiger partial charge >= 0.3 is 5.97 Å². The van der Waals surface area contributed by atoms with Crippen molar-refractivity contribution in [1.29, 1.82) is 0 Å². The summed E-state index contributed by atoms with van der Waals surface area (Å²) in [7, 11) is 0. The second kappa shape index (κ2) is 3.82. The number of carboxylic acid groups (broad SMARTS) is 1. The van der Waals surface area contributed by atoms with Gasteiger partial charge in [0, 0.05) is 13.1 Å². The highest BCUT2D eigenvalue weighted by Gasteiger charge is 2.55. The number of aliphatic carboxylic acids is 1. The zero-order valence-electron chi connectivity index (χ0n) is 7.36. The Morgan fingerprint density at radius 1 is 1.31 bits per heavy atom. The van der Waals surface area contributed by atoms with Crippen molar-refractivity contribution in [2.75, 3.05) is 26.3 Å². The van der Waals surface area contributed by atoms with Gasteiger partial charge < -0.3 is 9.84 Å². The molecule has 2 aliphatic rings. The molecule has 0 aromatic carbocycles. The molecule has 13 heavy (non-hydrogen) atoms. The summed E-state index contributed by atoms with van der Waals surface area (Å²) in [5.41, 5.74) is -0.510. The zero-order chi connectivity index (χ0) is 8.60. The highest BCUT2D eigenvalue weighted by atomic mass is 35.5. The number of carbonyl (C=O) groups is 1. The molecule has 0 atom stereocenters. The topological polar surface area (TPSA) is 49.8 Å². The fraction of sp³-hybridized carbons (Fsp3) is 0.875. The van der Waals surface area contributed by atoms with E-state index in [0.717, 1.165) is 25.9 Å². The van der Waals surface area contributed by atoms with Gasteiger partial charge in [0.15, 0.2) is 0 Å². The molecule has 0 aromatic rings. The zero-order valence-corrected chi connectivity index (χ0v) is 8.18. The normalized spacial score (nSPS) is 26.2. The van der Waals surface area contributed by atoms with Crippen LogP contribution in [0.1, 0.15) is 12.8 Å². The summed E-state index contributed by atoms with van der Waals surface area (Å²) in [5, 5.41) is 8.97. The molecule has 0 aromatic heterocycles. The lowest BCUT2D eigenvalue weighted by atomic mass is 10.2. The fourth-order valence-corrected chi connectivity index (χ4v) is 1.78. The Hall–Kier alpha value is -0.320. The third-order valence-electron chi connectivity index (χ3n) is 2.74. The van der Waals surface area contributed by atoms with Crippen LogP contribution in [0.3, 0.4) is 0 Å². The van der Waals surface area contributed by atoms with Crippen LogP contribution in [-0.2, 0) is 9.53 Å². The predicted octanol–water partition coefficient (Wildman–Crippen LogP) is 0.358. The van der Waals surface area contributed by atoms with Crippen LogP contribution >= 0.6 is 12.4 Å². The minimum absolute atomic E-state index is 0.